The molecular weight excluding hydrogens is 162 g/mol. The van der Waals surface area contributed by atoms with Gasteiger partial charge in [0.25, 0.3) is 0 Å². The van der Waals surface area contributed by atoms with E-state index in [9.17, 15) is 0 Å². The molecule has 0 amide bonds. The first-order chi connectivity index (χ1) is 6.45. The first kappa shape index (κ1) is 9.47. The second kappa shape index (κ2) is 4.97. The van der Waals surface area contributed by atoms with Crippen LogP contribution in [0.15, 0.2) is 0 Å². The lowest BCUT2D eigenvalue weighted by Crippen LogP contribution is -2.38. The molecule has 13 heavy (non-hydrogen) atoms. The summed E-state index contributed by atoms with van der Waals surface area (Å²) in [5.41, 5.74) is 0. The zero-order chi connectivity index (χ0) is 8.93. The standard InChI is InChI=1S/C11H21NO/c1-2-7-12-11(6-1)9-13-8-10-4-3-5-10/h10-12H,1-9H2. The highest BCUT2D eigenvalue weighted by Gasteiger charge is 2.18. The lowest BCUT2D eigenvalue weighted by atomic mass is 9.86. The number of hydrogen-bond acceptors (Lipinski definition) is 2. The van der Waals surface area contributed by atoms with Crippen molar-refractivity contribution in [2.45, 2.75) is 44.6 Å². The average Bonchev–Trinajstić information content (AvgIpc) is 2.11. The van der Waals surface area contributed by atoms with Crippen molar-refractivity contribution in [2.75, 3.05) is 19.8 Å². The highest BCUT2D eigenvalue weighted by atomic mass is 16.5. The lowest BCUT2D eigenvalue weighted by molar-refractivity contribution is 0.0519. The van der Waals surface area contributed by atoms with Crippen LogP contribution < -0.4 is 5.32 Å². The molecule has 2 aliphatic rings. The van der Waals surface area contributed by atoms with Gasteiger partial charge in [0.2, 0.25) is 0 Å². The molecule has 0 bridgehead atoms. The van der Waals surface area contributed by atoms with Gasteiger partial charge < -0.3 is 10.1 Å². The van der Waals surface area contributed by atoms with E-state index in [0.29, 0.717) is 6.04 Å². The molecule has 1 heterocycles. The van der Waals surface area contributed by atoms with Gasteiger partial charge in [0.1, 0.15) is 0 Å². The number of ether oxygens (including phenoxy) is 1. The second-order valence-electron chi connectivity index (χ2n) is 4.48. The van der Waals surface area contributed by atoms with Crippen LogP contribution in [0.4, 0.5) is 0 Å². The maximum atomic E-state index is 5.71. The van der Waals surface area contributed by atoms with Crippen LogP contribution in [-0.2, 0) is 4.74 Å². The molecule has 0 radical (unpaired) electrons. The van der Waals surface area contributed by atoms with Crippen molar-refractivity contribution in [3.8, 4) is 0 Å². The van der Waals surface area contributed by atoms with E-state index in [1.54, 1.807) is 0 Å². The molecule has 0 aromatic carbocycles. The summed E-state index contributed by atoms with van der Waals surface area (Å²) < 4.78 is 5.71. The van der Waals surface area contributed by atoms with Crippen molar-refractivity contribution in [1.82, 2.24) is 5.32 Å². The Morgan fingerprint density at radius 2 is 1.92 bits per heavy atom. The third kappa shape index (κ3) is 2.96. The SMILES string of the molecule is C1CCC(COCC2CCC2)NC1. The Hall–Kier alpha value is -0.0800. The van der Waals surface area contributed by atoms with Gasteiger partial charge in [0.05, 0.1) is 6.61 Å². The topological polar surface area (TPSA) is 21.3 Å². The van der Waals surface area contributed by atoms with Crippen LogP contribution >= 0.6 is 0 Å². The number of hydrogen-bond donors (Lipinski definition) is 1. The summed E-state index contributed by atoms with van der Waals surface area (Å²) in [5.74, 6) is 0.892. The van der Waals surface area contributed by atoms with E-state index < -0.39 is 0 Å². The summed E-state index contributed by atoms with van der Waals surface area (Å²) in [4.78, 5) is 0. The molecule has 1 unspecified atom stereocenters. The molecule has 1 aliphatic carbocycles. The van der Waals surface area contributed by atoms with Crippen LogP contribution in [-0.4, -0.2) is 25.8 Å². The Labute approximate surface area is 81.0 Å². The fourth-order valence-corrected chi connectivity index (χ4v) is 2.10. The first-order valence-corrected chi connectivity index (χ1v) is 5.76. The second-order valence-corrected chi connectivity index (χ2v) is 4.48. The molecule has 2 rings (SSSR count). The molecule has 1 saturated carbocycles. The van der Waals surface area contributed by atoms with Crippen LogP contribution in [0.25, 0.3) is 0 Å². The van der Waals surface area contributed by atoms with Gasteiger partial charge >= 0.3 is 0 Å². The molecule has 1 N–H and O–H groups in total. The van der Waals surface area contributed by atoms with E-state index in [2.05, 4.69) is 5.32 Å². The average molecular weight is 183 g/mol. The van der Waals surface area contributed by atoms with Crippen molar-refractivity contribution in [3.05, 3.63) is 0 Å². The Morgan fingerprint density at radius 3 is 2.54 bits per heavy atom. The van der Waals surface area contributed by atoms with E-state index >= 15 is 0 Å². The van der Waals surface area contributed by atoms with Crippen LogP contribution in [0.3, 0.4) is 0 Å². The highest BCUT2D eigenvalue weighted by molar-refractivity contribution is 4.73. The fourth-order valence-electron chi connectivity index (χ4n) is 2.10. The zero-order valence-corrected chi connectivity index (χ0v) is 8.43. The van der Waals surface area contributed by atoms with Crippen LogP contribution in [0.5, 0.6) is 0 Å². The van der Waals surface area contributed by atoms with Crippen molar-refractivity contribution in [2.24, 2.45) is 5.92 Å². The van der Waals surface area contributed by atoms with E-state index in [-0.39, 0.29) is 0 Å². The summed E-state index contributed by atoms with van der Waals surface area (Å²) in [6.07, 6.45) is 8.26. The van der Waals surface area contributed by atoms with Crippen molar-refractivity contribution < 1.29 is 4.74 Å². The van der Waals surface area contributed by atoms with E-state index in [1.807, 2.05) is 0 Å². The van der Waals surface area contributed by atoms with E-state index in [0.717, 1.165) is 19.1 Å². The molecule has 2 heteroatoms. The van der Waals surface area contributed by atoms with Gasteiger partial charge in [0.15, 0.2) is 0 Å². The largest absolute Gasteiger partial charge is 0.380 e. The van der Waals surface area contributed by atoms with Crippen molar-refractivity contribution in [3.63, 3.8) is 0 Å². The maximum absolute atomic E-state index is 5.71. The van der Waals surface area contributed by atoms with Gasteiger partial charge in [-0.3, -0.25) is 0 Å². The summed E-state index contributed by atoms with van der Waals surface area (Å²) in [6.45, 7) is 3.14. The number of nitrogens with one attached hydrogen (secondary N) is 1. The highest BCUT2D eigenvalue weighted by Crippen LogP contribution is 2.26. The molecule has 0 aromatic heterocycles. The molecule has 0 spiro atoms. The minimum absolute atomic E-state index is 0.647. The maximum Gasteiger partial charge on any atom is 0.0619 e. The molecule has 76 valence electrons. The van der Waals surface area contributed by atoms with Crippen LogP contribution in [0, 0.1) is 5.92 Å². The molecule has 0 aromatic rings. The van der Waals surface area contributed by atoms with Crippen molar-refractivity contribution in [1.29, 1.82) is 0 Å². The molecule has 1 saturated heterocycles. The fraction of sp³-hybridized carbons (Fsp3) is 1.00. The molecule has 2 nitrogen and oxygen atoms in total. The van der Waals surface area contributed by atoms with E-state index in [1.165, 1.54) is 45.1 Å². The summed E-state index contributed by atoms with van der Waals surface area (Å²) in [7, 11) is 0. The van der Waals surface area contributed by atoms with Gasteiger partial charge in [-0.05, 0) is 38.1 Å². The Kier molecular flexibility index (Phi) is 3.62. The monoisotopic (exact) mass is 183 g/mol. The normalized spacial score (nSPS) is 30.0. The first-order valence-electron chi connectivity index (χ1n) is 5.76. The smallest absolute Gasteiger partial charge is 0.0619 e. The van der Waals surface area contributed by atoms with Gasteiger partial charge in [0, 0.05) is 12.6 Å². The van der Waals surface area contributed by atoms with Gasteiger partial charge in [-0.25, -0.2) is 0 Å². The van der Waals surface area contributed by atoms with Gasteiger partial charge in [-0.1, -0.05) is 12.8 Å². The Bertz CT molecular complexity index is 139. The van der Waals surface area contributed by atoms with Crippen molar-refractivity contribution >= 4 is 0 Å². The quantitative estimate of drug-likeness (QED) is 0.719. The third-order valence-corrected chi connectivity index (χ3v) is 3.31. The molecule has 1 atom stereocenters. The van der Waals surface area contributed by atoms with Crippen LogP contribution in [0.2, 0.25) is 0 Å². The minimum Gasteiger partial charge on any atom is -0.380 e. The summed E-state index contributed by atoms with van der Waals surface area (Å²) in [6, 6.07) is 0.647. The summed E-state index contributed by atoms with van der Waals surface area (Å²) >= 11 is 0. The lowest BCUT2D eigenvalue weighted by Gasteiger charge is -2.27. The Morgan fingerprint density at radius 1 is 1.00 bits per heavy atom. The van der Waals surface area contributed by atoms with Gasteiger partial charge in [-0.15, -0.1) is 0 Å². The predicted octanol–water partition coefficient (Wildman–Crippen LogP) is 1.95. The number of rotatable bonds is 4. The Balaban J connectivity index is 1.50. The van der Waals surface area contributed by atoms with Gasteiger partial charge in [-0.2, -0.15) is 0 Å². The third-order valence-electron chi connectivity index (χ3n) is 3.31. The molecular formula is C11H21NO. The minimum atomic E-state index is 0.647. The van der Waals surface area contributed by atoms with Crippen LogP contribution in [0.1, 0.15) is 38.5 Å². The van der Waals surface area contributed by atoms with E-state index in [4.69, 9.17) is 4.74 Å². The molecule has 1 aliphatic heterocycles. The zero-order valence-electron chi connectivity index (χ0n) is 8.43. The number of piperidine rings is 1. The molecule has 2 fully saturated rings. The predicted molar refractivity (Wildman–Crippen MR) is 53.8 cm³/mol. The summed E-state index contributed by atoms with van der Waals surface area (Å²) in [5, 5.41) is 3.50.